The summed E-state index contributed by atoms with van der Waals surface area (Å²) in [5.74, 6) is 0.444. The fourth-order valence-corrected chi connectivity index (χ4v) is 2.43. The summed E-state index contributed by atoms with van der Waals surface area (Å²) in [7, 11) is 0. The van der Waals surface area contributed by atoms with Gasteiger partial charge in [0.05, 0.1) is 25.1 Å². The third-order valence-electron chi connectivity index (χ3n) is 2.67. The molecule has 2 rings (SSSR count). The summed E-state index contributed by atoms with van der Waals surface area (Å²) in [6.07, 6.45) is 1.54. The van der Waals surface area contributed by atoms with Crippen LogP contribution in [0.1, 0.15) is 5.76 Å². The number of halogens is 1. The number of thioether (sulfide) groups is 1. The number of amides is 2. The molecule has 116 valence electrons. The average Bonchev–Trinajstić information content (AvgIpc) is 3.04. The first-order valence-electron chi connectivity index (χ1n) is 6.57. The maximum atomic E-state index is 11.7. The van der Waals surface area contributed by atoms with Crippen LogP contribution in [-0.2, 0) is 16.1 Å². The van der Waals surface area contributed by atoms with Crippen molar-refractivity contribution >= 4 is 35.2 Å². The van der Waals surface area contributed by atoms with Crippen LogP contribution in [0.3, 0.4) is 0 Å². The second-order valence-corrected chi connectivity index (χ2v) is 5.86. The van der Waals surface area contributed by atoms with Gasteiger partial charge in [0.2, 0.25) is 11.8 Å². The molecular weight excluding hydrogens is 324 g/mol. The van der Waals surface area contributed by atoms with Gasteiger partial charge in [0.15, 0.2) is 0 Å². The van der Waals surface area contributed by atoms with Gasteiger partial charge in [0.1, 0.15) is 5.76 Å². The molecule has 22 heavy (non-hydrogen) atoms. The number of carbonyl (C=O) groups is 2. The number of hydrogen-bond donors (Lipinski definition) is 2. The van der Waals surface area contributed by atoms with E-state index in [1.165, 1.54) is 18.0 Å². The third-order valence-corrected chi connectivity index (χ3v) is 3.93. The van der Waals surface area contributed by atoms with Gasteiger partial charge in [-0.1, -0.05) is 11.6 Å². The summed E-state index contributed by atoms with van der Waals surface area (Å²) in [5, 5.41) is 5.87. The highest BCUT2D eigenvalue weighted by molar-refractivity contribution is 8.00. The monoisotopic (exact) mass is 338 g/mol. The van der Waals surface area contributed by atoms with Crippen molar-refractivity contribution in [3.63, 3.8) is 0 Å². The zero-order valence-corrected chi connectivity index (χ0v) is 13.2. The number of nitrogens with one attached hydrogen (secondary N) is 2. The van der Waals surface area contributed by atoms with Gasteiger partial charge in [0, 0.05) is 9.92 Å². The van der Waals surface area contributed by atoms with E-state index in [9.17, 15) is 9.59 Å². The first-order chi connectivity index (χ1) is 10.6. The van der Waals surface area contributed by atoms with E-state index in [1.54, 1.807) is 24.3 Å². The molecule has 0 aliphatic heterocycles. The lowest BCUT2D eigenvalue weighted by atomic mass is 10.4. The zero-order chi connectivity index (χ0) is 15.8. The molecule has 0 aliphatic carbocycles. The average molecular weight is 339 g/mol. The lowest BCUT2D eigenvalue weighted by molar-refractivity contribution is -0.124. The molecule has 2 aromatic rings. The van der Waals surface area contributed by atoms with Gasteiger partial charge >= 0.3 is 0 Å². The second-order valence-electron chi connectivity index (χ2n) is 4.38. The fourth-order valence-electron chi connectivity index (χ4n) is 1.57. The fraction of sp³-hybridized carbons (Fsp3) is 0.200. The van der Waals surface area contributed by atoms with Gasteiger partial charge in [-0.05, 0) is 36.4 Å². The summed E-state index contributed by atoms with van der Waals surface area (Å²) in [6.45, 7) is 0.252. The lowest BCUT2D eigenvalue weighted by Gasteiger charge is -2.06. The molecule has 0 radical (unpaired) electrons. The van der Waals surface area contributed by atoms with Crippen molar-refractivity contribution < 1.29 is 14.0 Å². The standard InChI is InChI=1S/C15H15ClN2O3S/c16-11-3-5-13(6-4-11)22-10-15(20)18-9-14(19)17-8-12-2-1-7-21-12/h1-7H,8-10H2,(H,17,19)(H,18,20). The molecule has 0 saturated carbocycles. The van der Waals surface area contributed by atoms with Crippen LogP contribution in [0.5, 0.6) is 0 Å². The van der Waals surface area contributed by atoms with Crippen molar-refractivity contribution in [1.82, 2.24) is 10.6 Å². The SMILES string of the molecule is O=C(CNC(=O)CSc1ccc(Cl)cc1)NCc1ccco1. The first kappa shape index (κ1) is 16.5. The number of benzene rings is 1. The van der Waals surface area contributed by atoms with E-state index in [-0.39, 0.29) is 24.1 Å². The predicted octanol–water partition coefficient (Wildman–Crippen LogP) is 2.46. The molecule has 1 aromatic heterocycles. The largest absolute Gasteiger partial charge is 0.467 e. The van der Waals surface area contributed by atoms with Crippen molar-refractivity contribution in [3.8, 4) is 0 Å². The van der Waals surface area contributed by atoms with Crippen molar-refractivity contribution in [3.05, 3.63) is 53.4 Å². The van der Waals surface area contributed by atoms with Crippen molar-refractivity contribution in [1.29, 1.82) is 0 Å². The molecule has 1 aromatic carbocycles. The molecule has 1 heterocycles. The predicted molar refractivity (Wildman–Crippen MR) is 85.7 cm³/mol. The normalized spacial score (nSPS) is 10.2. The van der Waals surface area contributed by atoms with Crippen LogP contribution in [0, 0.1) is 0 Å². The van der Waals surface area contributed by atoms with Crippen LogP contribution in [0.2, 0.25) is 5.02 Å². The Morgan fingerprint density at radius 2 is 1.86 bits per heavy atom. The highest BCUT2D eigenvalue weighted by Gasteiger charge is 2.07. The Labute approximate surface area is 137 Å². The number of furan rings is 1. The van der Waals surface area contributed by atoms with Crippen LogP contribution >= 0.6 is 23.4 Å². The number of rotatable bonds is 7. The van der Waals surface area contributed by atoms with Crippen LogP contribution in [0.4, 0.5) is 0 Å². The smallest absolute Gasteiger partial charge is 0.239 e. The summed E-state index contributed by atoms with van der Waals surface area (Å²) < 4.78 is 5.09. The van der Waals surface area contributed by atoms with E-state index in [4.69, 9.17) is 16.0 Å². The van der Waals surface area contributed by atoms with Crippen molar-refractivity contribution in [2.75, 3.05) is 12.3 Å². The molecule has 0 unspecified atom stereocenters. The molecule has 0 spiro atoms. The van der Waals surface area contributed by atoms with E-state index >= 15 is 0 Å². The Kier molecular flexibility index (Phi) is 6.36. The van der Waals surface area contributed by atoms with Crippen LogP contribution < -0.4 is 10.6 Å². The van der Waals surface area contributed by atoms with E-state index < -0.39 is 0 Å². The Hall–Kier alpha value is -1.92. The molecule has 2 amide bonds. The van der Waals surface area contributed by atoms with Crippen LogP contribution in [0.15, 0.2) is 52.0 Å². The Morgan fingerprint density at radius 1 is 1.09 bits per heavy atom. The maximum Gasteiger partial charge on any atom is 0.239 e. The minimum atomic E-state index is -0.263. The Morgan fingerprint density at radius 3 is 2.55 bits per heavy atom. The minimum Gasteiger partial charge on any atom is -0.467 e. The molecule has 0 fully saturated rings. The summed E-state index contributed by atoms with van der Waals surface area (Å²) in [5.41, 5.74) is 0. The summed E-state index contributed by atoms with van der Waals surface area (Å²) in [4.78, 5) is 24.2. The number of carbonyl (C=O) groups excluding carboxylic acids is 2. The Balaban J connectivity index is 1.62. The summed E-state index contributed by atoms with van der Waals surface area (Å²) >= 11 is 7.17. The first-order valence-corrected chi connectivity index (χ1v) is 7.94. The van der Waals surface area contributed by atoms with Gasteiger partial charge in [-0.25, -0.2) is 0 Å². The third kappa shape index (κ3) is 5.83. The van der Waals surface area contributed by atoms with Crippen LogP contribution in [0.25, 0.3) is 0 Å². The quantitative estimate of drug-likeness (QED) is 0.761. The molecule has 7 heteroatoms. The van der Waals surface area contributed by atoms with Gasteiger partial charge in [-0.15, -0.1) is 11.8 Å². The number of hydrogen-bond acceptors (Lipinski definition) is 4. The molecule has 0 atom stereocenters. The molecule has 2 N–H and O–H groups in total. The van der Waals surface area contributed by atoms with Crippen molar-refractivity contribution in [2.24, 2.45) is 0 Å². The van der Waals surface area contributed by atoms with Crippen molar-refractivity contribution in [2.45, 2.75) is 11.4 Å². The highest BCUT2D eigenvalue weighted by atomic mass is 35.5. The van der Waals surface area contributed by atoms with Gasteiger partial charge in [-0.2, -0.15) is 0 Å². The highest BCUT2D eigenvalue weighted by Crippen LogP contribution is 2.19. The van der Waals surface area contributed by atoms with Crippen LogP contribution in [-0.4, -0.2) is 24.1 Å². The van der Waals surface area contributed by atoms with E-state index in [0.717, 1.165) is 4.90 Å². The minimum absolute atomic E-state index is 0.0548. The second kappa shape index (κ2) is 8.51. The maximum absolute atomic E-state index is 11.7. The molecule has 5 nitrogen and oxygen atoms in total. The molecule has 0 aliphatic rings. The summed E-state index contributed by atoms with van der Waals surface area (Å²) in [6, 6.07) is 10.7. The lowest BCUT2D eigenvalue weighted by Crippen LogP contribution is -2.37. The van der Waals surface area contributed by atoms with Gasteiger partial charge in [0.25, 0.3) is 0 Å². The van der Waals surface area contributed by atoms with E-state index in [2.05, 4.69) is 10.6 Å². The van der Waals surface area contributed by atoms with E-state index in [0.29, 0.717) is 17.3 Å². The topological polar surface area (TPSA) is 71.3 Å². The van der Waals surface area contributed by atoms with E-state index in [1.807, 2.05) is 12.1 Å². The Bertz CT molecular complexity index is 614. The molecular formula is C15H15ClN2O3S. The zero-order valence-electron chi connectivity index (χ0n) is 11.7. The van der Waals surface area contributed by atoms with Gasteiger partial charge in [-0.3, -0.25) is 9.59 Å². The van der Waals surface area contributed by atoms with Gasteiger partial charge < -0.3 is 15.1 Å². The molecule has 0 saturated heterocycles. The molecule has 0 bridgehead atoms.